The Bertz CT molecular complexity index is 645. The number of anilines is 2. The molecule has 5 nitrogen and oxygen atoms in total. The van der Waals surface area contributed by atoms with E-state index in [4.69, 9.17) is 0 Å². The third-order valence-corrected chi connectivity index (χ3v) is 3.17. The predicted molar refractivity (Wildman–Crippen MR) is 86.0 cm³/mol. The van der Waals surface area contributed by atoms with E-state index in [0.717, 1.165) is 22.5 Å². The Morgan fingerprint density at radius 2 is 2.29 bits per heavy atom. The number of amides is 1. The maximum Gasteiger partial charge on any atom is 0.224 e. The monoisotopic (exact) mass is 284 g/mol. The largest absolute Gasteiger partial charge is 0.381 e. The molecule has 0 fully saturated rings. The molecule has 1 aromatic carbocycles. The van der Waals surface area contributed by atoms with Crippen molar-refractivity contribution >= 4 is 23.5 Å². The number of nitrogens with one attached hydrogen (secondary N) is 2. The number of benzene rings is 1. The molecular formula is C16H20N4O. The molecule has 1 amide bonds. The number of rotatable bonds is 6. The lowest BCUT2D eigenvalue weighted by atomic mass is 10.1. The summed E-state index contributed by atoms with van der Waals surface area (Å²) < 4.78 is 1.67. The van der Waals surface area contributed by atoms with Crippen molar-refractivity contribution in [2.75, 3.05) is 10.6 Å². The second kappa shape index (κ2) is 6.74. The molecule has 2 rings (SSSR count). The van der Waals surface area contributed by atoms with Crippen molar-refractivity contribution in [2.24, 2.45) is 0 Å². The first-order valence-corrected chi connectivity index (χ1v) is 6.92. The van der Waals surface area contributed by atoms with Gasteiger partial charge in [0.2, 0.25) is 5.91 Å². The maximum absolute atomic E-state index is 11.4. The Hall–Kier alpha value is -2.56. The normalized spacial score (nSPS) is 10.2. The van der Waals surface area contributed by atoms with Gasteiger partial charge in [-0.15, -0.1) is 0 Å². The number of aromatic nitrogens is 2. The van der Waals surface area contributed by atoms with Crippen LogP contribution in [0.1, 0.15) is 24.5 Å². The first kappa shape index (κ1) is 14.8. The predicted octanol–water partition coefficient (Wildman–Crippen LogP) is 3.25. The van der Waals surface area contributed by atoms with Crippen molar-refractivity contribution in [3.05, 3.63) is 48.3 Å². The smallest absolute Gasteiger partial charge is 0.224 e. The lowest BCUT2D eigenvalue weighted by Crippen LogP contribution is -2.10. The van der Waals surface area contributed by atoms with E-state index < -0.39 is 0 Å². The number of hydrogen-bond acceptors (Lipinski definition) is 3. The quantitative estimate of drug-likeness (QED) is 0.856. The lowest BCUT2D eigenvalue weighted by Gasteiger charge is -2.11. The first-order valence-electron chi connectivity index (χ1n) is 6.92. The van der Waals surface area contributed by atoms with Crippen molar-refractivity contribution in [1.29, 1.82) is 0 Å². The molecule has 0 bridgehead atoms. The van der Waals surface area contributed by atoms with Gasteiger partial charge in [0.25, 0.3) is 0 Å². The maximum atomic E-state index is 11.4. The zero-order valence-corrected chi connectivity index (χ0v) is 12.4. The van der Waals surface area contributed by atoms with E-state index in [1.54, 1.807) is 17.1 Å². The molecule has 0 saturated heterocycles. The van der Waals surface area contributed by atoms with Gasteiger partial charge in [-0.3, -0.25) is 4.79 Å². The average molecular weight is 284 g/mol. The summed E-state index contributed by atoms with van der Waals surface area (Å²) in [6, 6.07) is 5.84. The number of hydrogen-bond donors (Lipinski definition) is 2. The van der Waals surface area contributed by atoms with E-state index in [1.807, 2.05) is 38.2 Å². The molecule has 2 N–H and O–H groups in total. The van der Waals surface area contributed by atoms with Crippen LogP contribution in [0.5, 0.6) is 0 Å². The summed E-state index contributed by atoms with van der Waals surface area (Å²) >= 11 is 0. The van der Waals surface area contributed by atoms with Crippen molar-refractivity contribution in [2.45, 2.75) is 26.8 Å². The fraction of sp³-hybridized carbons (Fsp3) is 0.250. The summed E-state index contributed by atoms with van der Waals surface area (Å²) in [5, 5.41) is 10.4. The Morgan fingerprint density at radius 3 is 2.95 bits per heavy atom. The molecule has 0 aliphatic carbocycles. The van der Waals surface area contributed by atoms with Crippen LogP contribution in [0.25, 0.3) is 6.20 Å². The van der Waals surface area contributed by atoms with E-state index in [0.29, 0.717) is 13.0 Å². The van der Waals surface area contributed by atoms with E-state index in [1.165, 1.54) is 0 Å². The third-order valence-electron chi connectivity index (χ3n) is 3.17. The highest BCUT2D eigenvalue weighted by Gasteiger charge is 2.04. The van der Waals surface area contributed by atoms with Crippen LogP contribution in [-0.4, -0.2) is 15.7 Å². The second-order valence-corrected chi connectivity index (χ2v) is 4.80. The lowest BCUT2D eigenvalue weighted by molar-refractivity contribution is -0.115. The van der Waals surface area contributed by atoms with Gasteiger partial charge in [-0.05, 0) is 24.6 Å². The summed E-state index contributed by atoms with van der Waals surface area (Å²) in [5.74, 6) is 0.0112. The van der Waals surface area contributed by atoms with Crippen LogP contribution in [0.2, 0.25) is 0 Å². The van der Waals surface area contributed by atoms with Gasteiger partial charge in [0.05, 0.1) is 6.20 Å². The molecule has 5 heteroatoms. The van der Waals surface area contributed by atoms with Crippen LogP contribution < -0.4 is 10.6 Å². The van der Waals surface area contributed by atoms with Crippen LogP contribution in [-0.2, 0) is 11.3 Å². The van der Waals surface area contributed by atoms with Crippen LogP contribution in [0.3, 0.4) is 0 Å². The van der Waals surface area contributed by atoms with Gasteiger partial charge < -0.3 is 10.6 Å². The molecule has 0 saturated carbocycles. The molecular weight excluding hydrogens is 264 g/mol. The topological polar surface area (TPSA) is 59.0 Å². The fourth-order valence-electron chi connectivity index (χ4n) is 1.91. The summed E-state index contributed by atoms with van der Waals surface area (Å²) in [4.78, 5) is 11.4. The Kier molecular flexibility index (Phi) is 4.77. The Balaban J connectivity index is 2.06. The molecule has 0 aliphatic heterocycles. The molecule has 0 unspecified atom stereocenters. The van der Waals surface area contributed by atoms with Gasteiger partial charge in [-0.1, -0.05) is 19.6 Å². The second-order valence-electron chi connectivity index (χ2n) is 4.80. The van der Waals surface area contributed by atoms with Crippen LogP contribution >= 0.6 is 0 Å². The van der Waals surface area contributed by atoms with E-state index in [2.05, 4.69) is 22.3 Å². The van der Waals surface area contributed by atoms with Crippen molar-refractivity contribution in [3.8, 4) is 0 Å². The van der Waals surface area contributed by atoms with Crippen LogP contribution in [0.15, 0.2) is 37.2 Å². The highest BCUT2D eigenvalue weighted by atomic mass is 16.1. The fourth-order valence-corrected chi connectivity index (χ4v) is 1.91. The van der Waals surface area contributed by atoms with Crippen molar-refractivity contribution in [3.63, 3.8) is 0 Å². The summed E-state index contributed by atoms with van der Waals surface area (Å²) in [5.41, 5.74) is 3.99. The van der Waals surface area contributed by atoms with Crippen molar-refractivity contribution < 1.29 is 4.79 Å². The summed E-state index contributed by atoms with van der Waals surface area (Å²) in [6.45, 7) is 8.19. The Morgan fingerprint density at radius 1 is 1.48 bits per heavy atom. The minimum Gasteiger partial charge on any atom is -0.381 e. The molecule has 0 radical (unpaired) electrons. The van der Waals surface area contributed by atoms with Crippen LogP contribution in [0.4, 0.5) is 11.4 Å². The van der Waals surface area contributed by atoms with Crippen molar-refractivity contribution in [1.82, 2.24) is 9.78 Å². The molecule has 1 aromatic heterocycles. The summed E-state index contributed by atoms with van der Waals surface area (Å²) in [7, 11) is 0. The summed E-state index contributed by atoms with van der Waals surface area (Å²) in [6.07, 6.45) is 5.83. The van der Waals surface area contributed by atoms with Crippen LogP contribution in [0, 0.1) is 6.92 Å². The molecule has 110 valence electrons. The number of carbonyl (C=O) groups excluding carboxylic acids is 1. The molecule has 1 heterocycles. The molecule has 21 heavy (non-hydrogen) atoms. The van der Waals surface area contributed by atoms with E-state index in [9.17, 15) is 4.79 Å². The molecule has 0 spiro atoms. The van der Waals surface area contributed by atoms with Gasteiger partial charge in [0, 0.05) is 42.3 Å². The first-order chi connectivity index (χ1) is 10.1. The van der Waals surface area contributed by atoms with Gasteiger partial charge in [0.1, 0.15) is 0 Å². The molecule has 2 aromatic rings. The SMILES string of the molecule is C=Cn1cc(CNc2cc(NC(=O)CC)ccc2C)cn1. The minimum absolute atomic E-state index is 0.0112. The standard InChI is InChI=1S/C16H20N4O/c1-4-16(21)19-14-7-6-12(3)15(8-14)17-9-13-10-18-20(5-2)11-13/h5-8,10-11,17H,2,4,9H2,1,3H3,(H,19,21). The molecule has 0 atom stereocenters. The van der Waals surface area contributed by atoms with Gasteiger partial charge in [-0.25, -0.2) is 4.68 Å². The van der Waals surface area contributed by atoms with Gasteiger partial charge in [0.15, 0.2) is 0 Å². The average Bonchev–Trinajstić information content (AvgIpc) is 2.95. The number of aryl methyl sites for hydroxylation is 1. The Labute approximate surface area is 124 Å². The minimum atomic E-state index is 0.0112. The van der Waals surface area contributed by atoms with Gasteiger partial charge >= 0.3 is 0 Å². The highest BCUT2D eigenvalue weighted by Crippen LogP contribution is 2.21. The zero-order valence-electron chi connectivity index (χ0n) is 12.4. The highest BCUT2D eigenvalue weighted by molar-refractivity contribution is 5.91. The number of carbonyl (C=O) groups is 1. The number of nitrogens with zero attached hydrogens (tertiary/aromatic N) is 2. The van der Waals surface area contributed by atoms with Gasteiger partial charge in [-0.2, -0.15) is 5.10 Å². The molecule has 0 aliphatic rings. The zero-order chi connectivity index (χ0) is 15.2. The van der Waals surface area contributed by atoms with E-state index >= 15 is 0 Å². The third kappa shape index (κ3) is 3.95. The van der Waals surface area contributed by atoms with E-state index in [-0.39, 0.29) is 5.91 Å².